The second-order valence-electron chi connectivity index (χ2n) is 8.14. The van der Waals surface area contributed by atoms with Crippen molar-refractivity contribution in [2.75, 3.05) is 42.1 Å². The summed E-state index contributed by atoms with van der Waals surface area (Å²) in [4.78, 5) is 25.5. The summed E-state index contributed by atoms with van der Waals surface area (Å²) in [6, 6.07) is 20.6. The minimum Gasteiger partial charge on any atom is -0.378 e. The van der Waals surface area contributed by atoms with E-state index < -0.39 is 27.4 Å². The minimum absolute atomic E-state index is 0.00912. The van der Waals surface area contributed by atoms with E-state index in [9.17, 15) is 23.3 Å². The molecule has 0 spiro atoms. The highest BCUT2D eigenvalue weighted by Gasteiger charge is 2.27. The van der Waals surface area contributed by atoms with Crippen molar-refractivity contribution in [2.24, 2.45) is 0 Å². The Morgan fingerprint density at radius 3 is 2.22 bits per heavy atom. The second kappa shape index (κ2) is 11.2. The molecule has 1 aliphatic heterocycles. The van der Waals surface area contributed by atoms with Gasteiger partial charge in [0.2, 0.25) is 5.91 Å². The van der Waals surface area contributed by atoms with Crippen molar-refractivity contribution < 1.29 is 22.9 Å². The summed E-state index contributed by atoms with van der Waals surface area (Å²) in [7, 11) is -4.10. The van der Waals surface area contributed by atoms with Crippen LogP contribution in [0.25, 0.3) is 0 Å². The van der Waals surface area contributed by atoms with Gasteiger partial charge in [0, 0.05) is 37.5 Å². The van der Waals surface area contributed by atoms with E-state index in [1.807, 2.05) is 24.3 Å². The lowest BCUT2D eigenvalue weighted by atomic mass is 10.2. The van der Waals surface area contributed by atoms with E-state index in [0.29, 0.717) is 13.2 Å². The van der Waals surface area contributed by atoms with Gasteiger partial charge < -0.3 is 15.0 Å². The van der Waals surface area contributed by atoms with E-state index in [2.05, 4.69) is 10.2 Å². The summed E-state index contributed by atoms with van der Waals surface area (Å²) in [5.41, 5.74) is 1.91. The molecule has 1 N–H and O–H groups in total. The van der Waals surface area contributed by atoms with E-state index in [4.69, 9.17) is 4.74 Å². The van der Waals surface area contributed by atoms with Gasteiger partial charge in [-0.15, -0.1) is 0 Å². The lowest BCUT2D eigenvalue weighted by molar-refractivity contribution is -0.384. The fourth-order valence-electron chi connectivity index (χ4n) is 3.81. The molecule has 1 aliphatic rings. The number of carbonyl (C=O) groups excluding carboxylic acids is 1. The molecule has 0 atom stereocenters. The molecule has 10 nitrogen and oxygen atoms in total. The Balaban J connectivity index is 1.47. The standard InChI is InChI=1S/C25H26N4O6S/c30-25(26-18-20-6-8-21(9-7-20)27-14-16-35-17-15-27)19-28(22-10-12-23(13-11-22)29(31)32)36(33,34)24-4-2-1-3-5-24/h1-13H,14-19H2,(H,26,30). The number of benzene rings is 3. The van der Waals surface area contributed by atoms with Crippen LogP contribution in [0.3, 0.4) is 0 Å². The van der Waals surface area contributed by atoms with Crippen LogP contribution in [0.1, 0.15) is 5.56 Å². The molecule has 1 heterocycles. The number of nitro benzene ring substituents is 1. The first-order valence-corrected chi connectivity index (χ1v) is 12.8. The third kappa shape index (κ3) is 5.99. The molecule has 0 bridgehead atoms. The zero-order valence-corrected chi connectivity index (χ0v) is 20.3. The van der Waals surface area contributed by atoms with E-state index in [-0.39, 0.29) is 22.8 Å². The molecule has 188 valence electrons. The van der Waals surface area contributed by atoms with Crippen molar-refractivity contribution >= 4 is 33.0 Å². The quantitative estimate of drug-likeness (QED) is 0.347. The van der Waals surface area contributed by atoms with Crippen molar-refractivity contribution in [3.05, 3.63) is 94.5 Å². The molecule has 0 unspecified atom stereocenters. The zero-order valence-electron chi connectivity index (χ0n) is 19.4. The molecule has 4 rings (SSSR count). The molecule has 1 fully saturated rings. The number of anilines is 2. The Morgan fingerprint density at radius 1 is 0.972 bits per heavy atom. The van der Waals surface area contributed by atoms with Crippen molar-refractivity contribution in [1.82, 2.24) is 5.32 Å². The van der Waals surface area contributed by atoms with Crippen LogP contribution in [0, 0.1) is 10.1 Å². The maximum absolute atomic E-state index is 13.3. The third-order valence-electron chi connectivity index (χ3n) is 5.77. The van der Waals surface area contributed by atoms with Gasteiger partial charge in [0.1, 0.15) is 6.54 Å². The van der Waals surface area contributed by atoms with Crippen molar-refractivity contribution in [3.63, 3.8) is 0 Å². The molecular weight excluding hydrogens is 484 g/mol. The van der Waals surface area contributed by atoms with Gasteiger partial charge in [0.25, 0.3) is 15.7 Å². The van der Waals surface area contributed by atoms with E-state index >= 15 is 0 Å². The highest BCUT2D eigenvalue weighted by atomic mass is 32.2. The molecule has 3 aromatic carbocycles. The second-order valence-corrected chi connectivity index (χ2v) is 10.0. The van der Waals surface area contributed by atoms with E-state index in [1.165, 1.54) is 36.4 Å². The summed E-state index contributed by atoms with van der Waals surface area (Å²) in [5.74, 6) is -0.509. The Labute approximate surface area is 209 Å². The Morgan fingerprint density at radius 2 is 1.61 bits per heavy atom. The molecule has 0 aromatic heterocycles. The number of hydrogen-bond donors (Lipinski definition) is 1. The SMILES string of the molecule is O=C(CN(c1ccc([N+](=O)[O-])cc1)S(=O)(=O)c1ccccc1)NCc1ccc(N2CCOCC2)cc1. The van der Waals surface area contributed by atoms with Crippen molar-refractivity contribution in [2.45, 2.75) is 11.4 Å². The number of morpholine rings is 1. The topological polar surface area (TPSA) is 122 Å². The first kappa shape index (κ1) is 25.1. The fourth-order valence-corrected chi connectivity index (χ4v) is 5.25. The van der Waals surface area contributed by atoms with Gasteiger partial charge in [-0.05, 0) is 42.0 Å². The van der Waals surface area contributed by atoms with Gasteiger partial charge in [-0.1, -0.05) is 30.3 Å². The predicted octanol–water partition coefficient (Wildman–Crippen LogP) is 2.94. The number of carbonyl (C=O) groups is 1. The molecule has 3 aromatic rings. The number of non-ortho nitro benzene ring substituents is 1. The molecule has 0 saturated carbocycles. The Bertz CT molecular complexity index is 1290. The number of nitrogens with zero attached hydrogens (tertiary/aromatic N) is 3. The highest BCUT2D eigenvalue weighted by Crippen LogP contribution is 2.25. The summed E-state index contributed by atoms with van der Waals surface area (Å²) >= 11 is 0. The van der Waals surface area contributed by atoms with Gasteiger partial charge in [0.15, 0.2) is 0 Å². The number of rotatable bonds is 9. The van der Waals surface area contributed by atoms with Crippen LogP contribution in [-0.4, -0.2) is 52.1 Å². The van der Waals surface area contributed by atoms with Gasteiger partial charge in [-0.25, -0.2) is 8.42 Å². The van der Waals surface area contributed by atoms with Crippen LogP contribution >= 0.6 is 0 Å². The third-order valence-corrected chi connectivity index (χ3v) is 7.56. The van der Waals surface area contributed by atoms with Gasteiger partial charge in [0.05, 0.1) is 28.7 Å². The highest BCUT2D eigenvalue weighted by molar-refractivity contribution is 7.92. The van der Waals surface area contributed by atoms with Crippen molar-refractivity contribution in [3.8, 4) is 0 Å². The smallest absolute Gasteiger partial charge is 0.269 e. The number of sulfonamides is 1. The summed E-state index contributed by atoms with van der Waals surface area (Å²) in [5, 5.41) is 13.8. The number of nitrogens with one attached hydrogen (secondary N) is 1. The average molecular weight is 511 g/mol. The normalized spacial score (nSPS) is 13.7. The average Bonchev–Trinajstić information content (AvgIpc) is 2.92. The summed E-state index contributed by atoms with van der Waals surface area (Å²) < 4.78 is 33.0. The van der Waals surface area contributed by atoms with Crippen LogP contribution in [0.2, 0.25) is 0 Å². The number of amides is 1. The Hall–Kier alpha value is -3.96. The summed E-state index contributed by atoms with van der Waals surface area (Å²) in [6.07, 6.45) is 0. The van der Waals surface area contributed by atoms with Gasteiger partial charge >= 0.3 is 0 Å². The lowest BCUT2D eigenvalue weighted by Crippen LogP contribution is -2.40. The largest absolute Gasteiger partial charge is 0.378 e. The minimum atomic E-state index is -4.10. The zero-order chi connectivity index (χ0) is 25.5. The number of ether oxygens (including phenoxy) is 1. The molecule has 1 amide bonds. The van der Waals surface area contributed by atoms with Crippen LogP contribution in [0.4, 0.5) is 17.1 Å². The molecule has 36 heavy (non-hydrogen) atoms. The van der Waals surface area contributed by atoms with Crippen LogP contribution < -0.4 is 14.5 Å². The number of nitro groups is 1. The van der Waals surface area contributed by atoms with Crippen LogP contribution in [0.15, 0.2) is 83.8 Å². The van der Waals surface area contributed by atoms with Crippen LogP contribution in [0.5, 0.6) is 0 Å². The predicted molar refractivity (Wildman–Crippen MR) is 135 cm³/mol. The maximum Gasteiger partial charge on any atom is 0.269 e. The first-order chi connectivity index (χ1) is 17.3. The molecule has 0 aliphatic carbocycles. The molecular formula is C25H26N4O6S. The van der Waals surface area contributed by atoms with Gasteiger partial charge in [-0.3, -0.25) is 19.2 Å². The first-order valence-electron chi connectivity index (χ1n) is 11.4. The molecule has 1 saturated heterocycles. The summed E-state index contributed by atoms with van der Waals surface area (Å²) in [6.45, 7) is 2.77. The van der Waals surface area contributed by atoms with E-state index in [0.717, 1.165) is 28.6 Å². The lowest BCUT2D eigenvalue weighted by Gasteiger charge is -2.29. The maximum atomic E-state index is 13.3. The van der Waals surface area contributed by atoms with Gasteiger partial charge in [-0.2, -0.15) is 0 Å². The molecule has 11 heteroatoms. The van der Waals surface area contributed by atoms with Crippen LogP contribution in [-0.2, 0) is 26.1 Å². The van der Waals surface area contributed by atoms with Crippen molar-refractivity contribution in [1.29, 1.82) is 0 Å². The monoisotopic (exact) mass is 510 g/mol. The number of hydrogen-bond acceptors (Lipinski definition) is 7. The molecule has 0 radical (unpaired) electrons. The Kier molecular flexibility index (Phi) is 7.81. The van der Waals surface area contributed by atoms with E-state index in [1.54, 1.807) is 18.2 Å². The fraction of sp³-hybridized carbons (Fsp3) is 0.240.